The molecule has 0 aliphatic carbocycles. The molecule has 4 heteroatoms. The lowest BCUT2D eigenvalue weighted by molar-refractivity contribution is -0.117. The SMILES string of the molecule is C=C/C(=C\C(=C/CCN[C@@H](C)CO)C(=O)NCC(C)C)c1ccc(C)cc1. The van der Waals surface area contributed by atoms with E-state index in [1.807, 2.05) is 38.1 Å². The van der Waals surface area contributed by atoms with Crippen LogP contribution >= 0.6 is 0 Å². The molecule has 0 aliphatic heterocycles. The number of allylic oxidation sites excluding steroid dienone is 2. The number of aliphatic hydroxyl groups excluding tert-OH is 1. The number of nitrogens with one attached hydrogen (secondary N) is 2. The second-order valence-electron chi connectivity index (χ2n) is 7.26. The third-order valence-electron chi connectivity index (χ3n) is 4.12. The Morgan fingerprint density at radius 2 is 1.89 bits per heavy atom. The summed E-state index contributed by atoms with van der Waals surface area (Å²) in [5.41, 5.74) is 3.77. The first kappa shape index (κ1) is 22.9. The van der Waals surface area contributed by atoms with E-state index in [9.17, 15) is 4.79 Å². The average molecular weight is 371 g/mol. The minimum atomic E-state index is -0.0784. The van der Waals surface area contributed by atoms with E-state index in [4.69, 9.17) is 5.11 Å². The number of carbonyl (C=O) groups excluding carboxylic acids is 1. The molecule has 0 unspecified atom stereocenters. The first-order chi connectivity index (χ1) is 12.9. The van der Waals surface area contributed by atoms with Crippen LogP contribution in [0, 0.1) is 12.8 Å². The lowest BCUT2D eigenvalue weighted by atomic mass is 10.0. The Kier molecular flexibility index (Phi) is 10.4. The predicted molar refractivity (Wildman–Crippen MR) is 114 cm³/mol. The molecule has 27 heavy (non-hydrogen) atoms. The fourth-order valence-electron chi connectivity index (χ4n) is 2.41. The summed E-state index contributed by atoms with van der Waals surface area (Å²) in [6.07, 6.45) is 6.30. The van der Waals surface area contributed by atoms with Crippen molar-refractivity contribution < 1.29 is 9.90 Å². The molecule has 0 aromatic heterocycles. The van der Waals surface area contributed by atoms with Crippen LogP contribution in [0.2, 0.25) is 0 Å². The van der Waals surface area contributed by atoms with E-state index in [0.29, 0.717) is 31.0 Å². The minimum absolute atomic E-state index is 0.0449. The molecular weight excluding hydrogens is 336 g/mol. The molecular formula is C23H34N2O2. The molecule has 1 atom stereocenters. The van der Waals surface area contributed by atoms with Crippen LogP contribution in [0.5, 0.6) is 0 Å². The third-order valence-corrected chi connectivity index (χ3v) is 4.12. The van der Waals surface area contributed by atoms with E-state index in [1.165, 1.54) is 5.56 Å². The lowest BCUT2D eigenvalue weighted by Crippen LogP contribution is -2.30. The Morgan fingerprint density at radius 3 is 2.44 bits per heavy atom. The van der Waals surface area contributed by atoms with Crippen LogP contribution in [-0.4, -0.2) is 36.8 Å². The molecule has 4 nitrogen and oxygen atoms in total. The van der Waals surface area contributed by atoms with Gasteiger partial charge in [-0.15, -0.1) is 0 Å². The van der Waals surface area contributed by atoms with Crippen LogP contribution in [0.4, 0.5) is 0 Å². The van der Waals surface area contributed by atoms with E-state index in [2.05, 4.69) is 43.2 Å². The predicted octanol–water partition coefficient (Wildman–Crippen LogP) is 3.62. The topological polar surface area (TPSA) is 61.4 Å². The van der Waals surface area contributed by atoms with Crippen LogP contribution < -0.4 is 10.6 Å². The van der Waals surface area contributed by atoms with E-state index in [0.717, 1.165) is 11.1 Å². The molecule has 1 rings (SSSR count). The number of amides is 1. The van der Waals surface area contributed by atoms with Crippen molar-refractivity contribution in [3.63, 3.8) is 0 Å². The van der Waals surface area contributed by atoms with Crippen molar-refractivity contribution in [2.24, 2.45) is 5.92 Å². The lowest BCUT2D eigenvalue weighted by Gasteiger charge is -2.11. The second-order valence-corrected chi connectivity index (χ2v) is 7.26. The largest absolute Gasteiger partial charge is 0.395 e. The summed E-state index contributed by atoms with van der Waals surface area (Å²) in [6.45, 7) is 13.5. The van der Waals surface area contributed by atoms with Gasteiger partial charge in [0.1, 0.15) is 0 Å². The van der Waals surface area contributed by atoms with E-state index < -0.39 is 0 Å². The molecule has 148 valence electrons. The molecule has 1 amide bonds. The van der Waals surface area contributed by atoms with Gasteiger partial charge in [0.05, 0.1) is 6.61 Å². The smallest absolute Gasteiger partial charge is 0.250 e. The molecule has 0 heterocycles. The molecule has 3 N–H and O–H groups in total. The maximum atomic E-state index is 12.7. The minimum Gasteiger partial charge on any atom is -0.395 e. The molecule has 0 spiro atoms. The van der Waals surface area contributed by atoms with Gasteiger partial charge in [-0.1, -0.05) is 62.4 Å². The Hall–Kier alpha value is -2.17. The van der Waals surface area contributed by atoms with Crippen LogP contribution in [0.1, 0.15) is 38.3 Å². The molecule has 0 saturated carbocycles. The molecule has 1 aromatic carbocycles. The van der Waals surface area contributed by atoms with Crippen LogP contribution in [0.3, 0.4) is 0 Å². The normalized spacial score (nSPS) is 13.6. The van der Waals surface area contributed by atoms with Crippen molar-refractivity contribution in [1.29, 1.82) is 0 Å². The van der Waals surface area contributed by atoms with Gasteiger partial charge in [-0.05, 0) is 49.9 Å². The van der Waals surface area contributed by atoms with Gasteiger partial charge in [-0.2, -0.15) is 0 Å². The summed E-state index contributed by atoms with van der Waals surface area (Å²) >= 11 is 0. The third kappa shape index (κ3) is 8.85. The van der Waals surface area contributed by atoms with Crippen molar-refractivity contribution in [2.45, 2.75) is 40.2 Å². The van der Waals surface area contributed by atoms with Gasteiger partial charge in [0.25, 0.3) is 5.91 Å². The Morgan fingerprint density at radius 1 is 1.22 bits per heavy atom. The van der Waals surface area contributed by atoms with Gasteiger partial charge in [0.2, 0.25) is 0 Å². The van der Waals surface area contributed by atoms with Crippen molar-refractivity contribution in [2.75, 3.05) is 19.7 Å². The van der Waals surface area contributed by atoms with Crippen molar-refractivity contribution in [3.8, 4) is 0 Å². The van der Waals surface area contributed by atoms with Gasteiger partial charge >= 0.3 is 0 Å². The summed E-state index contributed by atoms with van der Waals surface area (Å²) in [4.78, 5) is 12.7. The van der Waals surface area contributed by atoms with Gasteiger partial charge in [0, 0.05) is 18.2 Å². The summed E-state index contributed by atoms with van der Waals surface area (Å²) in [6, 6.07) is 8.22. The zero-order valence-corrected chi connectivity index (χ0v) is 17.1. The molecule has 1 aromatic rings. The number of benzene rings is 1. The van der Waals surface area contributed by atoms with Crippen molar-refractivity contribution >= 4 is 11.5 Å². The van der Waals surface area contributed by atoms with Gasteiger partial charge in [-0.25, -0.2) is 0 Å². The zero-order valence-electron chi connectivity index (χ0n) is 17.1. The number of rotatable bonds is 11. The standard InChI is InChI=1S/C23H34N2O2/c1-6-20(21-11-9-18(4)10-12-21)14-22(23(27)25-15-17(2)3)8-7-13-24-19(5)16-26/h6,8-12,14,17,19,24,26H,1,7,13,15-16H2,2-5H3,(H,25,27)/b20-14+,22-8+/t19-/m0/s1. The van der Waals surface area contributed by atoms with Crippen molar-refractivity contribution in [1.82, 2.24) is 10.6 Å². The molecule has 0 bridgehead atoms. The van der Waals surface area contributed by atoms with Crippen LogP contribution in [0.15, 0.2) is 54.6 Å². The molecule has 0 aliphatic rings. The Balaban J connectivity index is 3.00. The summed E-state index contributed by atoms with van der Waals surface area (Å²) in [7, 11) is 0. The average Bonchev–Trinajstić information content (AvgIpc) is 2.66. The first-order valence-corrected chi connectivity index (χ1v) is 9.61. The zero-order chi connectivity index (χ0) is 20.2. The Labute approximate surface area is 164 Å². The molecule has 0 fully saturated rings. The van der Waals surface area contributed by atoms with Crippen molar-refractivity contribution in [3.05, 3.63) is 65.8 Å². The van der Waals surface area contributed by atoms with Gasteiger partial charge in [-0.3, -0.25) is 4.79 Å². The highest BCUT2D eigenvalue weighted by molar-refractivity contribution is 5.98. The highest BCUT2D eigenvalue weighted by atomic mass is 16.3. The number of aliphatic hydroxyl groups is 1. The maximum absolute atomic E-state index is 12.7. The monoisotopic (exact) mass is 370 g/mol. The Bertz CT molecular complexity index is 657. The highest BCUT2D eigenvalue weighted by Crippen LogP contribution is 2.19. The summed E-state index contributed by atoms with van der Waals surface area (Å²) < 4.78 is 0. The quantitative estimate of drug-likeness (QED) is 0.317. The van der Waals surface area contributed by atoms with Crippen LogP contribution in [-0.2, 0) is 4.79 Å². The number of hydrogen-bond acceptors (Lipinski definition) is 3. The summed E-state index contributed by atoms with van der Waals surface area (Å²) in [5, 5.41) is 15.3. The number of hydrogen-bond donors (Lipinski definition) is 3. The van der Waals surface area contributed by atoms with Crippen LogP contribution in [0.25, 0.3) is 5.57 Å². The highest BCUT2D eigenvalue weighted by Gasteiger charge is 2.09. The first-order valence-electron chi connectivity index (χ1n) is 9.61. The molecule has 0 saturated heterocycles. The fraction of sp³-hybridized carbons (Fsp3) is 0.435. The molecule has 0 radical (unpaired) electrons. The number of carbonyl (C=O) groups is 1. The summed E-state index contributed by atoms with van der Waals surface area (Å²) in [5.74, 6) is 0.313. The van der Waals surface area contributed by atoms with Gasteiger partial charge < -0.3 is 15.7 Å². The van der Waals surface area contributed by atoms with E-state index in [-0.39, 0.29) is 18.6 Å². The van der Waals surface area contributed by atoms with E-state index >= 15 is 0 Å². The number of aryl methyl sites for hydroxylation is 1. The van der Waals surface area contributed by atoms with Gasteiger partial charge in [0.15, 0.2) is 0 Å². The second kappa shape index (κ2) is 12.3. The maximum Gasteiger partial charge on any atom is 0.250 e. The fourth-order valence-corrected chi connectivity index (χ4v) is 2.41. The van der Waals surface area contributed by atoms with E-state index in [1.54, 1.807) is 6.08 Å².